The predicted molar refractivity (Wildman–Crippen MR) is 83.3 cm³/mol. The minimum atomic E-state index is 0.0525. The number of rotatable bonds is 6. The van der Waals surface area contributed by atoms with E-state index in [1.807, 2.05) is 37.3 Å². The zero-order chi connectivity index (χ0) is 14.5. The largest absolute Gasteiger partial charge is 0.497 e. The summed E-state index contributed by atoms with van der Waals surface area (Å²) in [5.41, 5.74) is 6.26. The summed E-state index contributed by atoms with van der Waals surface area (Å²) in [6, 6.07) is 12.1. The number of ether oxygens (including phenoxy) is 1. The predicted octanol–water partition coefficient (Wildman–Crippen LogP) is 4.17. The minimum absolute atomic E-state index is 0.0525. The van der Waals surface area contributed by atoms with Crippen molar-refractivity contribution in [1.29, 1.82) is 0 Å². The van der Waals surface area contributed by atoms with E-state index in [9.17, 15) is 0 Å². The number of nitrogens with two attached hydrogens (primary N) is 1. The molecule has 0 saturated heterocycles. The highest BCUT2D eigenvalue weighted by atomic mass is 32.2. The fourth-order valence-corrected chi connectivity index (χ4v) is 3.24. The first-order chi connectivity index (χ1) is 9.63. The Morgan fingerprint density at radius 2 is 2.10 bits per heavy atom. The van der Waals surface area contributed by atoms with Gasteiger partial charge in [-0.25, -0.2) is 0 Å². The Labute approximate surface area is 124 Å². The maximum atomic E-state index is 6.26. The van der Waals surface area contributed by atoms with Crippen LogP contribution in [0.15, 0.2) is 45.7 Å². The van der Waals surface area contributed by atoms with Crippen molar-refractivity contribution in [3.05, 3.63) is 47.9 Å². The van der Waals surface area contributed by atoms with Crippen LogP contribution < -0.4 is 10.5 Å². The number of benzene rings is 1. The molecule has 0 spiro atoms. The molecule has 4 heteroatoms. The van der Waals surface area contributed by atoms with Crippen molar-refractivity contribution in [3.63, 3.8) is 0 Å². The quantitative estimate of drug-likeness (QED) is 0.812. The molecule has 1 aromatic heterocycles. The Morgan fingerprint density at radius 1 is 1.30 bits per heavy atom. The van der Waals surface area contributed by atoms with Gasteiger partial charge in [-0.1, -0.05) is 13.0 Å². The van der Waals surface area contributed by atoms with Gasteiger partial charge >= 0.3 is 0 Å². The Hall–Kier alpha value is -1.39. The number of hydrogen-bond acceptors (Lipinski definition) is 4. The lowest BCUT2D eigenvalue weighted by Gasteiger charge is -2.20. The lowest BCUT2D eigenvalue weighted by atomic mass is 10.1. The zero-order valence-electron chi connectivity index (χ0n) is 12.1. The molecule has 2 unspecified atom stereocenters. The summed E-state index contributed by atoms with van der Waals surface area (Å²) in [5.74, 6) is 2.71. The van der Waals surface area contributed by atoms with E-state index in [2.05, 4.69) is 13.0 Å². The topological polar surface area (TPSA) is 48.4 Å². The second-order valence-corrected chi connectivity index (χ2v) is 5.95. The number of hydrogen-bond donors (Lipinski definition) is 1. The SMILES string of the molecule is CCC(N)C(Sc1cccc(OC)c1)c1ccc(C)o1. The molecule has 0 amide bonds. The number of aryl methyl sites for hydroxylation is 1. The first kappa shape index (κ1) is 15.0. The van der Waals surface area contributed by atoms with Gasteiger partial charge < -0.3 is 14.9 Å². The van der Waals surface area contributed by atoms with Crippen molar-refractivity contribution in [3.8, 4) is 5.75 Å². The van der Waals surface area contributed by atoms with Gasteiger partial charge in [0.2, 0.25) is 0 Å². The molecular formula is C16H21NO2S. The van der Waals surface area contributed by atoms with Gasteiger partial charge in [0.1, 0.15) is 17.3 Å². The van der Waals surface area contributed by atoms with Gasteiger partial charge in [0.05, 0.1) is 12.4 Å². The molecule has 2 N–H and O–H groups in total. The third kappa shape index (κ3) is 3.58. The fourth-order valence-electron chi connectivity index (χ4n) is 2.00. The Morgan fingerprint density at radius 3 is 2.70 bits per heavy atom. The smallest absolute Gasteiger partial charge is 0.119 e. The maximum Gasteiger partial charge on any atom is 0.119 e. The van der Waals surface area contributed by atoms with Crippen LogP contribution in [0.5, 0.6) is 5.75 Å². The van der Waals surface area contributed by atoms with Crippen molar-refractivity contribution in [2.45, 2.75) is 36.5 Å². The molecule has 108 valence electrons. The van der Waals surface area contributed by atoms with Crippen LogP contribution in [0.3, 0.4) is 0 Å². The molecule has 2 atom stereocenters. The van der Waals surface area contributed by atoms with Crippen LogP contribution >= 0.6 is 11.8 Å². The van der Waals surface area contributed by atoms with Gasteiger partial charge in [0, 0.05) is 10.9 Å². The summed E-state index contributed by atoms with van der Waals surface area (Å²) in [5, 5.41) is 0.112. The molecule has 0 aliphatic heterocycles. The molecule has 2 aromatic rings. The van der Waals surface area contributed by atoms with Crippen LogP contribution in [0, 0.1) is 6.92 Å². The normalized spacial score (nSPS) is 14.0. The highest BCUT2D eigenvalue weighted by Crippen LogP contribution is 2.39. The van der Waals surface area contributed by atoms with E-state index in [-0.39, 0.29) is 11.3 Å². The van der Waals surface area contributed by atoms with Gasteiger partial charge in [0.15, 0.2) is 0 Å². The maximum absolute atomic E-state index is 6.26. The second kappa shape index (κ2) is 6.86. The molecule has 1 heterocycles. The Balaban J connectivity index is 2.23. The first-order valence-electron chi connectivity index (χ1n) is 6.76. The van der Waals surface area contributed by atoms with Crippen molar-refractivity contribution in [2.24, 2.45) is 5.73 Å². The van der Waals surface area contributed by atoms with Crippen LogP contribution in [0.25, 0.3) is 0 Å². The number of furan rings is 1. The van der Waals surface area contributed by atoms with Crippen LogP contribution in [0.1, 0.15) is 30.1 Å². The molecule has 0 radical (unpaired) electrons. The molecule has 20 heavy (non-hydrogen) atoms. The number of thioether (sulfide) groups is 1. The van der Waals surface area contributed by atoms with E-state index in [0.717, 1.165) is 28.6 Å². The lowest BCUT2D eigenvalue weighted by molar-refractivity contribution is 0.413. The van der Waals surface area contributed by atoms with Crippen LogP contribution in [-0.2, 0) is 0 Å². The van der Waals surface area contributed by atoms with E-state index in [1.54, 1.807) is 18.9 Å². The van der Waals surface area contributed by atoms with Crippen molar-refractivity contribution in [1.82, 2.24) is 0 Å². The molecule has 0 aliphatic carbocycles. The summed E-state index contributed by atoms with van der Waals surface area (Å²) in [7, 11) is 1.68. The average molecular weight is 291 g/mol. The highest BCUT2D eigenvalue weighted by molar-refractivity contribution is 7.99. The van der Waals surface area contributed by atoms with E-state index in [1.165, 1.54) is 0 Å². The molecule has 0 aliphatic rings. The third-order valence-electron chi connectivity index (χ3n) is 3.21. The lowest BCUT2D eigenvalue weighted by Crippen LogP contribution is -2.25. The second-order valence-electron chi connectivity index (χ2n) is 4.74. The van der Waals surface area contributed by atoms with Gasteiger partial charge in [-0.15, -0.1) is 11.8 Å². The third-order valence-corrected chi connectivity index (χ3v) is 4.57. The fraction of sp³-hybridized carbons (Fsp3) is 0.375. The van der Waals surface area contributed by atoms with E-state index in [0.29, 0.717) is 0 Å². The number of methoxy groups -OCH3 is 1. The summed E-state index contributed by atoms with van der Waals surface area (Å²) < 4.78 is 11.0. The molecule has 2 rings (SSSR count). The Bertz CT molecular complexity index is 553. The molecule has 0 fully saturated rings. The summed E-state index contributed by atoms with van der Waals surface area (Å²) >= 11 is 1.72. The van der Waals surface area contributed by atoms with Gasteiger partial charge in [0.25, 0.3) is 0 Å². The molecule has 0 bridgehead atoms. The molecule has 3 nitrogen and oxygen atoms in total. The van der Waals surface area contributed by atoms with Gasteiger partial charge in [-0.3, -0.25) is 0 Å². The van der Waals surface area contributed by atoms with Crippen molar-refractivity contribution < 1.29 is 9.15 Å². The van der Waals surface area contributed by atoms with Gasteiger partial charge in [-0.05, 0) is 43.7 Å². The van der Waals surface area contributed by atoms with Crippen LogP contribution in [-0.4, -0.2) is 13.2 Å². The summed E-state index contributed by atoms with van der Waals surface area (Å²) in [6.45, 7) is 4.05. The van der Waals surface area contributed by atoms with E-state index >= 15 is 0 Å². The summed E-state index contributed by atoms with van der Waals surface area (Å²) in [6.07, 6.45) is 0.904. The van der Waals surface area contributed by atoms with Crippen LogP contribution in [0.2, 0.25) is 0 Å². The minimum Gasteiger partial charge on any atom is -0.497 e. The van der Waals surface area contributed by atoms with E-state index in [4.69, 9.17) is 14.9 Å². The first-order valence-corrected chi connectivity index (χ1v) is 7.64. The van der Waals surface area contributed by atoms with E-state index < -0.39 is 0 Å². The molecular weight excluding hydrogens is 270 g/mol. The monoisotopic (exact) mass is 291 g/mol. The summed E-state index contributed by atoms with van der Waals surface area (Å²) in [4.78, 5) is 1.13. The molecule has 1 aromatic carbocycles. The highest BCUT2D eigenvalue weighted by Gasteiger charge is 2.23. The zero-order valence-corrected chi connectivity index (χ0v) is 12.9. The van der Waals surface area contributed by atoms with Crippen LogP contribution in [0.4, 0.5) is 0 Å². The standard InChI is InChI=1S/C16H21NO2S/c1-4-14(17)16(15-9-8-11(2)19-15)20-13-7-5-6-12(10-13)18-3/h5-10,14,16H,4,17H2,1-3H3. The Kier molecular flexibility index (Phi) is 5.15. The average Bonchev–Trinajstić information content (AvgIpc) is 2.90. The van der Waals surface area contributed by atoms with Crippen molar-refractivity contribution >= 4 is 11.8 Å². The molecule has 0 saturated carbocycles. The van der Waals surface area contributed by atoms with Crippen molar-refractivity contribution in [2.75, 3.05) is 7.11 Å². The van der Waals surface area contributed by atoms with Gasteiger partial charge in [-0.2, -0.15) is 0 Å².